The molecule has 3 aromatic rings. The molecular formula is C23H24N4O. The second-order valence-corrected chi connectivity index (χ2v) is 6.97. The maximum Gasteiger partial charge on any atom is 0.227 e. The predicted molar refractivity (Wildman–Crippen MR) is 112 cm³/mol. The summed E-state index contributed by atoms with van der Waals surface area (Å²) in [6.45, 7) is 2.93. The van der Waals surface area contributed by atoms with Gasteiger partial charge in [-0.3, -0.25) is 4.90 Å². The van der Waals surface area contributed by atoms with Crippen molar-refractivity contribution in [3.8, 4) is 11.3 Å². The number of aromatic nitrogens is 2. The molecule has 1 aromatic heterocycles. The van der Waals surface area contributed by atoms with E-state index in [1.807, 2.05) is 18.2 Å². The lowest BCUT2D eigenvalue weighted by Crippen LogP contribution is -2.17. The van der Waals surface area contributed by atoms with Crippen LogP contribution >= 0.6 is 0 Å². The smallest absolute Gasteiger partial charge is 0.227 e. The Bertz CT molecular complexity index is 970. The minimum atomic E-state index is 0.578. The van der Waals surface area contributed by atoms with E-state index in [-0.39, 0.29) is 0 Å². The van der Waals surface area contributed by atoms with Crippen LogP contribution in [-0.4, -0.2) is 35.1 Å². The van der Waals surface area contributed by atoms with Crippen molar-refractivity contribution in [3.05, 3.63) is 84.1 Å². The maximum absolute atomic E-state index is 5.79. The fraction of sp³-hybridized carbons (Fsp3) is 0.217. The molecule has 28 heavy (non-hydrogen) atoms. The highest BCUT2D eigenvalue weighted by Crippen LogP contribution is 2.22. The van der Waals surface area contributed by atoms with E-state index < -0.39 is 0 Å². The summed E-state index contributed by atoms with van der Waals surface area (Å²) in [6, 6.07) is 18.6. The zero-order valence-corrected chi connectivity index (χ0v) is 16.0. The van der Waals surface area contributed by atoms with Crippen molar-refractivity contribution in [2.24, 2.45) is 0 Å². The van der Waals surface area contributed by atoms with Gasteiger partial charge in [-0.25, -0.2) is 9.97 Å². The van der Waals surface area contributed by atoms with Crippen LogP contribution in [0.3, 0.4) is 0 Å². The summed E-state index contributed by atoms with van der Waals surface area (Å²) < 4.78 is 5.79. The van der Waals surface area contributed by atoms with Gasteiger partial charge in [0.2, 0.25) is 5.95 Å². The number of hydrogen-bond donors (Lipinski definition) is 1. The maximum atomic E-state index is 5.79. The molecule has 0 fully saturated rings. The first-order valence-electron chi connectivity index (χ1n) is 9.46. The molecule has 0 spiro atoms. The molecule has 0 saturated heterocycles. The van der Waals surface area contributed by atoms with E-state index in [1.165, 1.54) is 5.56 Å². The summed E-state index contributed by atoms with van der Waals surface area (Å²) in [4.78, 5) is 11.3. The van der Waals surface area contributed by atoms with Crippen LogP contribution in [0.4, 0.5) is 11.6 Å². The number of benzene rings is 2. The van der Waals surface area contributed by atoms with E-state index in [9.17, 15) is 0 Å². The molecule has 1 N–H and O–H groups in total. The molecule has 1 aliphatic heterocycles. The van der Waals surface area contributed by atoms with Gasteiger partial charge >= 0.3 is 0 Å². The molecule has 5 nitrogen and oxygen atoms in total. The van der Waals surface area contributed by atoms with Gasteiger partial charge in [-0.15, -0.1) is 0 Å². The number of likely N-dealkylation sites (N-methyl/N-ethyl adjacent to an activating group) is 1. The summed E-state index contributed by atoms with van der Waals surface area (Å²) in [5.74, 6) is 0.591. The third kappa shape index (κ3) is 4.82. The Morgan fingerprint density at radius 1 is 1.00 bits per heavy atom. The van der Waals surface area contributed by atoms with Crippen molar-refractivity contribution in [2.45, 2.75) is 13.2 Å². The SMILES string of the molecule is CN1CC=CCOCc2cccc(c2)-c2ccnc(n2)Nc2cccc(c2)C1. The Labute approximate surface area is 165 Å². The highest BCUT2D eigenvalue weighted by molar-refractivity contribution is 5.62. The lowest BCUT2D eigenvalue weighted by Gasteiger charge is -2.15. The predicted octanol–water partition coefficient (Wildman–Crippen LogP) is 4.41. The Kier molecular flexibility index (Phi) is 5.75. The minimum Gasteiger partial charge on any atom is -0.373 e. The van der Waals surface area contributed by atoms with E-state index in [0.717, 1.165) is 35.6 Å². The van der Waals surface area contributed by atoms with E-state index in [0.29, 0.717) is 19.2 Å². The van der Waals surface area contributed by atoms with Crippen LogP contribution in [0.25, 0.3) is 11.3 Å². The van der Waals surface area contributed by atoms with Crippen molar-refractivity contribution >= 4 is 11.6 Å². The standard InChI is InChI=1S/C23H24N4O/c1-27-12-2-3-13-28-17-19-7-4-8-20(14-19)22-10-11-24-23(26-22)25-21-9-5-6-18(15-21)16-27/h2-11,14-15H,12-13,16-17H2,1H3,(H,24,25,26). The summed E-state index contributed by atoms with van der Waals surface area (Å²) in [5.41, 5.74) is 5.30. The molecule has 4 rings (SSSR count). The molecule has 0 unspecified atom stereocenters. The van der Waals surface area contributed by atoms with Gasteiger partial charge in [-0.1, -0.05) is 42.5 Å². The molecule has 0 saturated carbocycles. The average Bonchev–Trinajstić information content (AvgIpc) is 2.71. The van der Waals surface area contributed by atoms with Crippen molar-refractivity contribution in [1.29, 1.82) is 0 Å². The highest BCUT2D eigenvalue weighted by Gasteiger charge is 2.06. The molecule has 0 atom stereocenters. The lowest BCUT2D eigenvalue weighted by atomic mass is 10.1. The van der Waals surface area contributed by atoms with Crippen molar-refractivity contribution in [3.63, 3.8) is 0 Å². The number of ether oxygens (including phenoxy) is 1. The zero-order valence-electron chi connectivity index (χ0n) is 16.0. The minimum absolute atomic E-state index is 0.578. The first-order valence-corrected chi connectivity index (χ1v) is 9.46. The Morgan fingerprint density at radius 2 is 1.89 bits per heavy atom. The summed E-state index contributed by atoms with van der Waals surface area (Å²) in [6.07, 6.45) is 6.02. The van der Waals surface area contributed by atoms with Gasteiger partial charge in [-0.05, 0) is 42.4 Å². The largest absolute Gasteiger partial charge is 0.373 e. The second-order valence-electron chi connectivity index (χ2n) is 6.97. The van der Waals surface area contributed by atoms with Gasteiger partial charge in [0.05, 0.1) is 18.9 Å². The van der Waals surface area contributed by atoms with Crippen molar-refractivity contribution in [2.75, 3.05) is 25.5 Å². The van der Waals surface area contributed by atoms with Gasteiger partial charge < -0.3 is 10.1 Å². The molecule has 0 aliphatic carbocycles. The fourth-order valence-electron chi connectivity index (χ4n) is 3.22. The number of nitrogens with zero attached hydrogens (tertiary/aromatic N) is 3. The van der Waals surface area contributed by atoms with Crippen molar-refractivity contribution < 1.29 is 4.74 Å². The average molecular weight is 372 g/mol. The molecule has 142 valence electrons. The van der Waals surface area contributed by atoms with Gasteiger partial charge in [-0.2, -0.15) is 0 Å². The van der Waals surface area contributed by atoms with Crippen LogP contribution in [0, 0.1) is 0 Å². The molecular weight excluding hydrogens is 348 g/mol. The third-order valence-corrected chi connectivity index (χ3v) is 4.58. The van der Waals surface area contributed by atoms with Gasteiger partial charge in [0.1, 0.15) is 0 Å². The number of anilines is 2. The number of fused-ring (bicyclic) bond motifs is 7. The molecule has 1 aliphatic rings. The van der Waals surface area contributed by atoms with Gasteiger partial charge in [0, 0.05) is 30.5 Å². The van der Waals surface area contributed by atoms with Crippen LogP contribution in [0.5, 0.6) is 0 Å². The topological polar surface area (TPSA) is 50.3 Å². The van der Waals surface area contributed by atoms with E-state index in [4.69, 9.17) is 9.72 Å². The molecule has 2 heterocycles. The van der Waals surface area contributed by atoms with Crippen LogP contribution < -0.4 is 5.32 Å². The first kappa shape index (κ1) is 18.3. The van der Waals surface area contributed by atoms with Crippen LogP contribution in [0.1, 0.15) is 11.1 Å². The molecule has 5 heteroatoms. The van der Waals surface area contributed by atoms with Crippen LogP contribution in [-0.2, 0) is 17.9 Å². The number of nitrogens with one attached hydrogen (secondary N) is 1. The molecule has 2 aromatic carbocycles. The summed E-state index contributed by atoms with van der Waals surface area (Å²) in [5, 5.41) is 3.33. The second kappa shape index (κ2) is 8.78. The summed E-state index contributed by atoms with van der Waals surface area (Å²) in [7, 11) is 2.11. The normalized spacial score (nSPS) is 15.3. The van der Waals surface area contributed by atoms with E-state index in [1.54, 1.807) is 6.20 Å². The highest BCUT2D eigenvalue weighted by atomic mass is 16.5. The molecule has 0 radical (unpaired) electrons. The molecule has 6 bridgehead atoms. The van der Waals surface area contributed by atoms with E-state index in [2.05, 4.69) is 70.8 Å². The Hall–Kier alpha value is -3.02. The lowest BCUT2D eigenvalue weighted by molar-refractivity contribution is 0.148. The van der Waals surface area contributed by atoms with Gasteiger partial charge in [0.15, 0.2) is 0 Å². The monoisotopic (exact) mass is 372 g/mol. The Balaban J connectivity index is 1.67. The van der Waals surface area contributed by atoms with Gasteiger partial charge in [0.25, 0.3) is 0 Å². The Morgan fingerprint density at radius 3 is 2.86 bits per heavy atom. The van der Waals surface area contributed by atoms with E-state index >= 15 is 0 Å². The summed E-state index contributed by atoms with van der Waals surface area (Å²) >= 11 is 0. The quantitative estimate of drug-likeness (QED) is 0.593. The van der Waals surface area contributed by atoms with Crippen LogP contribution in [0.15, 0.2) is 72.9 Å². The van der Waals surface area contributed by atoms with Crippen LogP contribution in [0.2, 0.25) is 0 Å². The van der Waals surface area contributed by atoms with Crippen molar-refractivity contribution in [1.82, 2.24) is 14.9 Å². The number of hydrogen-bond acceptors (Lipinski definition) is 5. The number of rotatable bonds is 0. The first-order chi connectivity index (χ1) is 13.8. The molecule has 0 amide bonds. The third-order valence-electron chi connectivity index (χ3n) is 4.58. The zero-order chi connectivity index (χ0) is 19.2. The fourth-order valence-corrected chi connectivity index (χ4v) is 3.22.